The standard InChI is InChI=1S/C18H23FN4O4/c1-3-9-23-13-7-5-12(21-17(13)27-10-18(23,19)4-2)15(25)20-11-6-8-14(24)22-16(11)26/h5,7,11H,3-4,6,8-10H2,1-2H3,(H,20,25)(H,22,24,26)/t11-,18?/m0/s1. The molecule has 3 rings (SSSR count). The van der Waals surface area contributed by atoms with E-state index in [0.29, 0.717) is 12.2 Å². The lowest BCUT2D eigenvalue weighted by Crippen LogP contribution is -2.53. The second-order valence-electron chi connectivity index (χ2n) is 6.71. The highest BCUT2D eigenvalue weighted by Crippen LogP contribution is 2.39. The Morgan fingerprint density at radius 1 is 1.44 bits per heavy atom. The lowest BCUT2D eigenvalue weighted by atomic mass is 10.1. The molecule has 3 heterocycles. The normalized spacial score (nSPS) is 24.7. The van der Waals surface area contributed by atoms with Crippen LogP contribution in [-0.2, 0) is 9.59 Å². The number of halogens is 1. The minimum atomic E-state index is -1.61. The second kappa shape index (κ2) is 7.50. The van der Waals surface area contributed by atoms with Gasteiger partial charge in [-0.15, -0.1) is 0 Å². The molecule has 0 radical (unpaired) electrons. The molecule has 0 spiro atoms. The number of amides is 3. The highest BCUT2D eigenvalue weighted by molar-refractivity contribution is 6.03. The highest BCUT2D eigenvalue weighted by atomic mass is 19.1. The Kier molecular flexibility index (Phi) is 5.29. The van der Waals surface area contributed by atoms with Crippen molar-refractivity contribution >= 4 is 23.4 Å². The van der Waals surface area contributed by atoms with Crippen molar-refractivity contribution in [2.75, 3.05) is 18.1 Å². The molecule has 2 aliphatic heterocycles. The summed E-state index contributed by atoms with van der Waals surface area (Å²) in [5.74, 6) is -2.85. The van der Waals surface area contributed by atoms with Crippen LogP contribution in [0.3, 0.4) is 0 Å². The Morgan fingerprint density at radius 2 is 2.22 bits per heavy atom. The number of rotatable bonds is 5. The largest absolute Gasteiger partial charge is 0.471 e. The Morgan fingerprint density at radius 3 is 2.89 bits per heavy atom. The lowest BCUT2D eigenvalue weighted by Gasteiger charge is -2.42. The predicted molar refractivity (Wildman–Crippen MR) is 95.1 cm³/mol. The van der Waals surface area contributed by atoms with Crippen molar-refractivity contribution in [1.29, 1.82) is 0 Å². The monoisotopic (exact) mass is 378 g/mol. The van der Waals surface area contributed by atoms with Crippen LogP contribution in [0.25, 0.3) is 0 Å². The van der Waals surface area contributed by atoms with Crippen LogP contribution >= 0.6 is 0 Å². The van der Waals surface area contributed by atoms with Gasteiger partial charge in [-0.1, -0.05) is 13.8 Å². The van der Waals surface area contributed by atoms with E-state index in [9.17, 15) is 14.4 Å². The quantitative estimate of drug-likeness (QED) is 0.592. The summed E-state index contributed by atoms with van der Waals surface area (Å²) in [6.45, 7) is 4.05. The van der Waals surface area contributed by atoms with Gasteiger partial charge in [-0.05, 0) is 25.0 Å². The minimum absolute atomic E-state index is 0.0674. The van der Waals surface area contributed by atoms with E-state index in [1.807, 2.05) is 6.92 Å². The van der Waals surface area contributed by atoms with E-state index >= 15 is 4.39 Å². The van der Waals surface area contributed by atoms with Crippen molar-refractivity contribution in [3.8, 4) is 5.88 Å². The number of pyridine rings is 1. The van der Waals surface area contributed by atoms with Crippen molar-refractivity contribution in [2.24, 2.45) is 0 Å². The third-order valence-corrected chi connectivity index (χ3v) is 4.81. The molecule has 2 atom stereocenters. The van der Waals surface area contributed by atoms with E-state index in [4.69, 9.17) is 4.74 Å². The smallest absolute Gasteiger partial charge is 0.270 e. The highest BCUT2D eigenvalue weighted by Gasteiger charge is 2.41. The van der Waals surface area contributed by atoms with Gasteiger partial charge in [0.2, 0.25) is 23.5 Å². The van der Waals surface area contributed by atoms with E-state index in [-0.39, 0.29) is 43.4 Å². The maximum absolute atomic E-state index is 15.1. The molecule has 27 heavy (non-hydrogen) atoms. The van der Waals surface area contributed by atoms with Gasteiger partial charge < -0.3 is 15.0 Å². The zero-order chi connectivity index (χ0) is 19.6. The number of ether oxygens (including phenoxy) is 1. The molecule has 9 heteroatoms. The summed E-state index contributed by atoms with van der Waals surface area (Å²) in [5.41, 5.74) is 0.572. The van der Waals surface area contributed by atoms with Gasteiger partial charge in [0.05, 0.1) is 0 Å². The molecule has 1 aromatic rings. The van der Waals surface area contributed by atoms with Gasteiger partial charge >= 0.3 is 0 Å². The number of anilines is 1. The molecule has 2 aliphatic rings. The zero-order valence-electron chi connectivity index (χ0n) is 15.4. The first-order valence-corrected chi connectivity index (χ1v) is 9.13. The molecule has 1 aromatic heterocycles. The number of imide groups is 1. The Labute approximate surface area is 156 Å². The lowest BCUT2D eigenvalue weighted by molar-refractivity contribution is -0.134. The molecule has 0 bridgehead atoms. The molecular weight excluding hydrogens is 355 g/mol. The molecule has 0 aromatic carbocycles. The summed E-state index contributed by atoms with van der Waals surface area (Å²) in [6, 6.07) is 2.30. The third-order valence-electron chi connectivity index (χ3n) is 4.81. The minimum Gasteiger partial charge on any atom is -0.471 e. The van der Waals surface area contributed by atoms with Crippen molar-refractivity contribution in [2.45, 2.75) is 51.4 Å². The maximum atomic E-state index is 15.1. The first-order valence-electron chi connectivity index (χ1n) is 9.13. The first kappa shape index (κ1) is 19.1. The summed E-state index contributed by atoms with van der Waals surface area (Å²) >= 11 is 0. The van der Waals surface area contributed by atoms with Crippen LogP contribution in [-0.4, -0.2) is 47.7 Å². The number of carbonyl (C=O) groups excluding carboxylic acids is 3. The summed E-state index contributed by atoms with van der Waals surface area (Å²) in [6.07, 6.45) is 1.43. The van der Waals surface area contributed by atoms with Gasteiger partial charge in [0.1, 0.15) is 24.0 Å². The van der Waals surface area contributed by atoms with Crippen LogP contribution in [0.2, 0.25) is 0 Å². The molecule has 3 amide bonds. The molecule has 0 saturated carbocycles. The fourth-order valence-electron chi connectivity index (χ4n) is 3.24. The number of hydrogen-bond donors (Lipinski definition) is 2. The topological polar surface area (TPSA) is 101 Å². The SMILES string of the molecule is CCCN1c2ccc(C(=O)N[C@H]3CCC(=O)NC3=O)nc2OCC1(F)CC. The summed E-state index contributed by atoms with van der Waals surface area (Å²) < 4.78 is 20.6. The molecule has 8 nitrogen and oxygen atoms in total. The average molecular weight is 378 g/mol. The van der Waals surface area contributed by atoms with Crippen molar-refractivity contribution in [1.82, 2.24) is 15.6 Å². The van der Waals surface area contributed by atoms with E-state index in [1.165, 1.54) is 6.07 Å². The van der Waals surface area contributed by atoms with Crippen LogP contribution in [0.4, 0.5) is 10.1 Å². The van der Waals surface area contributed by atoms with E-state index in [2.05, 4.69) is 15.6 Å². The Hall–Kier alpha value is -2.71. The first-order chi connectivity index (χ1) is 12.9. The van der Waals surface area contributed by atoms with Crippen molar-refractivity contribution in [3.05, 3.63) is 17.8 Å². The molecule has 1 unspecified atom stereocenters. The number of carbonyl (C=O) groups is 3. The predicted octanol–water partition coefficient (Wildman–Crippen LogP) is 1.30. The zero-order valence-corrected chi connectivity index (χ0v) is 15.4. The van der Waals surface area contributed by atoms with Crippen LogP contribution < -0.4 is 20.3 Å². The molecule has 0 aliphatic carbocycles. The number of piperidine rings is 1. The molecular formula is C18H23FN4O4. The van der Waals surface area contributed by atoms with E-state index in [1.54, 1.807) is 17.9 Å². The van der Waals surface area contributed by atoms with Gasteiger partial charge in [-0.25, -0.2) is 9.37 Å². The number of nitrogens with zero attached hydrogens (tertiary/aromatic N) is 2. The van der Waals surface area contributed by atoms with E-state index < -0.39 is 23.6 Å². The fraction of sp³-hybridized carbons (Fsp3) is 0.556. The Bertz CT molecular complexity index is 772. The van der Waals surface area contributed by atoms with E-state index in [0.717, 1.165) is 6.42 Å². The van der Waals surface area contributed by atoms with Crippen molar-refractivity contribution in [3.63, 3.8) is 0 Å². The van der Waals surface area contributed by atoms with Crippen LogP contribution in [0, 0.1) is 0 Å². The average Bonchev–Trinajstić information content (AvgIpc) is 2.66. The number of aromatic nitrogens is 1. The summed E-state index contributed by atoms with van der Waals surface area (Å²) in [4.78, 5) is 41.2. The summed E-state index contributed by atoms with van der Waals surface area (Å²) in [5, 5.41) is 4.75. The number of fused-ring (bicyclic) bond motifs is 1. The third kappa shape index (κ3) is 3.72. The molecule has 1 fully saturated rings. The van der Waals surface area contributed by atoms with Gasteiger partial charge in [0.15, 0.2) is 0 Å². The molecule has 2 N–H and O–H groups in total. The second-order valence-corrected chi connectivity index (χ2v) is 6.71. The summed E-state index contributed by atoms with van der Waals surface area (Å²) in [7, 11) is 0. The van der Waals surface area contributed by atoms with Crippen LogP contribution in [0.5, 0.6) is 5.88 Å². The van der Waals surface area contributed by atoms with Crippen LogP contribution in [0.1, 0.15) is 50.0 Å². The number of alkyl halides is 1. The fourth-order valence-corrected chi connectivity index (χ4v) is 3.24. The number of hydrogen-bond acceptors (Lipinski definition) is 6. The van der Waals surface area contributed by atoms with Gasteiger partial charge in [-0.2, -0.15) is 0 Å². The van der Waals surface area contributed by atoms with Gasteiger partial charge in [0, 0.05) is 19.4 Å². The van der Waals surface area contributed by atoms with Crippen LogP contribution in [0.15, 0.2) is 12.1 Å². The molecule has 146 valence electrons. The van der Waals surface area contributed by atoms with Crippen molar-refractivity contribution < 1.29 is 23.5 Å². The molecule has 1 saturated heterocycles. The van der Waals surface area contributed by atoms with Gasteiger partial charge in [-0.3, -0.25) is 19.7 Å². The Balaban J connectivity index is 1.79. The maximum Gasteiger partial charge on any atom is 0.270 e. The van der Waals surface area contributed by atoms with Gasteiger partial charge in [0.25, 0.3) is 5.91 Å². The number of nitrogens with one attached hydrogen (secondary N) is 2.